The van der Waals surface area contributed by atoms with E-state index >= 15 is 0 Å². The maximum atomic E-state index is 11.0. The summed E-state index contributed by atoms with van der Waals surface area (Å²) >= 11 is 0. The van der Waals surface area contributed by atoms with Crippen LogP contribution in [0.1, 0.15) is 51.4 Å². The largest absolute Gasteiger partial charge is 0.469 e. The molecule has 0 aliphatic carbocycles. The molecule has 7 nitrogen and oxygen atoms in total. The van der Waals surface area contributed by atoms with E-state index in [9.17, 15) is 19.7 Å². The number of ether oxygens (including phenoxy) is 2. The Kier molecular flexibility index (Phi) is 10.3. The fourth-order valence-electron chi connectivity index (χ4n) is 1.84. The van der Waals surface area contributed by atoms with E-state index in [4.69, 9.17) is 0 Å². The third-order valence-electron chi connectivity index (χ3n) is 3.07. The zero-order valence-electron chi connectivity index (χ0n) is 12.1. The van der Waals surface area contributed by atoms with Gasteiger partial charge < -0.3 is 9.47 Å². The summed E-state index contributed by atoms with van der Waals surface area (Å²) in [5.41, 5.74) is 0. The molecular formula is C13H23NO6. The predicted octanol–water partition coefficient (Wildman–Crippen LogP) is 2.10. The van der Waals surface area contributed by atoms with Crippen molar-refractivity contribution in [2.45, 2.75) is 57.4 Å². The lowest BCUT2D eigenvalue weighted by molar-refractivity contribution is -0.522. The minimum atomic E-state index is -0.863. The van der Waals surface area contributed by atoms with Crippen molar-refractivity contribution in [1.82, 2.24) is 0 Å². The summed E-state index contributed by atoms with van der Waals surface area (Å²) in [6, 6.07) is -0.863. The third kappa shape index (κ3) is 9.29. The Morgan fingerprint density at radius 1 is 1.00 bits per heavy atom. The number of nitro groups is 1. The molecular weight excluding hydrogens is 266 g/mol. The Hall–Kier alpha value is -1.66. The van der Waals surface area contributed by atoms with Crippen LogP contribution in [-0.4, -0.2) is 37.1 Å². The molecule has 1 atom stereocenters. The fraction of sp³-hybridized carbons (Fsp3) is 0.846. The standard InChI is InChI=1S/C13H23NO6/c1-19-12(15)9-7-5-3-4-6-8-11(14(17)18)10-13(16)20-2/h11H,3-10H2,1-2H3. The topological polar surface area (TPSA) is 95.7 Å². The monoisotopic (exact) mass is 289 g/mol. The van der Waals surface area contributed by atoms with Crippen molar-refractivity contribution in [2.24, 2.45) is 0 Å². The van der Waals surface area contributed by atoms with Gasteiger partial charge in [-0.2, -0.15) is 0 Å². The summed E-state index contributed by atoms with van der Waals surface area (Å²) in [4.78, 5) is 32.2. The van der Waals surface area contributed by atoms with Crippen LogP contribution in [0.3, 0.4) is 0 Å². The Bertz CT molecular complexity index is 318. The van der Waals surface area contributed by atoms with Crippen LogP contribution in [0, 0.1) is 10.1 Å². The van der Waals surface area contributed by atoms with Gasteiger partial charge in [-0.25, -0.2) is 0 Å². The van der Waals surface area contributed by atoms with Gasteiger partial charge in [0.05, 0.1) is 14.2 Å². The van der Waals surface area contributed by atoms with Gasteiger partial charge in [0.15, 0.2) is 0 Å². The molecule has 0 aromatic heterocycles. The van der Waals surface area contributed by atoms with Crippen molar-refractivity contribution >= 4 is 11.9 Å². The molecule has 20 heavy (non-hydrogen) atoms. The van der Waals surface area contributed by atoms with Gasteiger partial charge in [-0.1, -0.05) is 19.3 Å². The summed E-state index contributed by atoms with van der Waals surface area (Å²) < 4.78 is 8.96. The third-order valence-corrected chi connectivity index (χ3v) is 3.07. The van der Waals surface area contributed by atoms with Crippen LogP contribution in [0.2, 0.25) is 0 Å². The van der Waals surface area contributed by atoms with Crippen molar-refractivity contribution in [3.63, 3.8) is 0 Å². The lowest BCUT2D eigenvalue weighted by Gasteiger charge is -2.08. The Labute approximate surface area is 118 Å². The first-order valence-corrected chi connectivity index (χ1v) is 6.78. The highest BCUT2D eigenvalue weighted by Gasteiger charge is 2.23. The highest BCUT2D eigenvalue weighted by Crippen LogP contribution is 2.13. The Morgan fingerprint density at radius 3 is 2.10 bits per heavy atom. The van der Waals surface area contributed by atoms with Crippen LogP contribution in [0.5, 0.6) is 0 Å². The van der Waals surface area contributed by atoms with Crippen LogP contribution < -0.4 is 0 Å². The van der Waals surface area contributed by atoms with E-state index in [1.54, 1.807) is 0 Å². The molecule has 7 heteroatoms. The average Bonchev–Trinajstić information content (AvgIpc) is 2.43. The van der Waals surface area contributed by atoms with Gasteiger partial charge in [0.1, 0.15) is 6.42 Å². The zero-order chi connectivity index (χ0) is 15.4. The second kappa shape index (κ2) is 11.2. The van der Waals surface area contributed by atoms with Gasteiger partial charge in [-0.15, -0.1) is 0 Å². The maximum absolute atomic E-state index is 11.0. The van der Waals surface area contributed by atoms with E-state index in [2.05, 4.69) is 9.47 Å². The van der Waals surface area contributed by atoms with Crippen LogP contribution in [0.25, 0.3) is 0 Å². The van der Waals surface area contributed by atoms with Crippen molar-refractivity contribution in [3.05, 3.63) is 10.1 Å². The first-order valence-electron chi connectivity index (χ1n) is 6.78. The molecule has 0 spiro atoms. The molecule has 0 heterocycles. The number of carbonyl (C=O) groups excluding carboxylic acids is 2. The number of nitrogens with zero attached hydrogens (tertiary/aromatic N) is 1. The summed E-state index contributed by atoms with van der Waals surface area (Å²) in [5.74, 6) is -0.763. The molecule has 0 aliphatic rings. The van der Waals surface area contributed by atoms with Gasteiger partial charge in [-0.3, -0.25) is 19.7 Å². The van der Waals surface area contributed by atoms with E-state index in [1.165, 1.54) is 14.2 Å². The minimum Gasteiger partial charge on any atom is -0.469 e. The van der Waals surface area contributed by atoms with Crippen LogP contribution in [0.15, 0.2) is 0 Å². The van der Waals surface area contributed by atoms with Gasteiger partial charge in [0, 0.05) is 17.8 Å². The van der Waals surface area contributed by atoms with Crippen molar-refractivity contribution in [2.75, 3.05) is 14.2 Å². The molecule has 0 rings (SSSR count). The zero-order valence-corrected chi connectivity index (χ0v) is 12.1. The number of hydrogen-bond acceptors (Lipinski definition) is 6. The first kappa shape index (κ1) is 18.3. The van der Waals surface area contributed by atoms with Crippen LogP contribution >= 0.6 is 0 Å². The normalized spacial score (nSPS) is 11.7. The molecule has 0 aromatic rings. The molecule has 0 aromatic carbocycles. The fourth-order valence-corrected chi connectivity index (χ4v) is 1.84. The summed E-state index contributed by atoms with van der Waals surface area (Å²) in [6.07, 6.45) is 4.75. The van der Waals surface area contributed by atoms with Gasteiger partial charge in [0.2, 0.25) is 6.04 Å². The van der Waals surface area contributed by atoms with E-state index in [0.717, 1.165) is 25.7 Å². The van der Waals surface area contributed by atoms with E-state index in [0.29, 0.717) is 19.3 Å². The van der Waals surface area contributed by atoms with Crippen molar-refractivity contribution < 1.29 is 24.0 Å². The summed E-state index contributed by atoms with van der Waals surface area (Å²) in [7, 11) is 2.59. The van der Waals surface area contributed by atoms with Crippen LogP contribution in [-0.2, 0) is 19.1 Å². The minimum absolute atomic E-state index is 0.175. The summed E-state index contributed by atoms with van der Waals surface area (Å²) in [6.45, 7) is 0. The molecule has 0 aliphatic heterocycles. The van der Waals surface area contributed by atoms with Gasteiger partial charge >= 0.3 is 11.9 Å². The molecule has 0 N–H and O–H groups in total. The molecule has 116 valence electrons. The summed E-state index contributed by atoms with van der Waals surface area (Å²) in [5, 5.41) is 10.8. The van der Waals surface area contributed by atoms with E-state index in [-0.39, 0.29) is 12.4 Å². The molecule has 0 radical (unpaired) electrons. The molecule has 0 amide bonds. The van der Waals surface area contributed by atoms with E-state index < -0.39 is 16.9 Å². The SMILES string of the molecule is COC(=O)CCCCCCCC(CC(=O)OC)[N+](=O)[O-]. The molecule has 0 fully saturated rings. The highest BCUT2D eigenvalue weighted by molar-refractivity contribution is 5.69. The number of unbranched alkanes of at least 4 members (excludes halogenated alkanes) is 4. The Balaban J connectivity index is 3.66. The second-order valence-electron chi connectivity index (χ2n) is 4.60. The predicted molar refractivity (Wildman–Crippen MR) is 71.8 cm³/mol. The van der Waals surface area contributed by atoms with Crippen molar-refractivity contribution in [3.8, 4) is 0 Å². The lowest BCUT2D eigenvalue weighted by atomic mass is 10.0. The Morgan fingerprint density at radius 2 is 1.55 bits per heavy atom. The van der Waals surface area contributed by atoms with E-state index in [1.807, 2.05) is 0 Å². The number of carbonyl (C=O) groups is 2. The molecule has 1 unspecified atom stereocenters. The second-order valence-corrected chi connectivity index (χ2v) is 4.60. The van der Waals surface area contributed by atoms with Crippen LogP contribution in [0.4, 0.5) is 0 Å². The maximum Gasteiger partial charge on any atom is 0.312 e. The molecule has 0 bridgehead atoms. The van der Waals surface area contributed by atoms with Crippen molar-refractivity contribution in [1.29, 1.82) is 0 Å². The smallest absolute Gasteiger partial charge is 0.312 e. The average molecular weight is 289 g/mol. The van der Waals surface area contributed by atoms with Gasteiger partial charge in [0.25, 0.3) is 0 Å². The number of rotatable bonds is 11. The first-order chi connectivity index (χ1) is 9.51. The molecule has 0 saturated carbocycles. The number of hydrogen-bond donors (Lipinski definition) is 0. The highest BCUT2D eigenvalue weighted by atomic mass is 16.6. The number of esters is 2. The number of methoxy groups -OCH3 is 2. The van der Waals surface area contributed by atoms with Gasteiger partial charge in [-0.05, 0) is 12.8 Å². The molecule has 0 saturated heterocycles. The lowest BCUT2D eigenvalue weighted by Crippen LogP contribution is -2.23. The quantitative estimate of drug-likeness (QED) is 0.250.